The van der Waals surface area contributed by atoms with Gasteiger partial charge in [-0.25, -0.2) is 4.98 Å². The van der Waals surface area contributed by atoms with E-state index in [-0.39, 0.29) is 0 Å². The molecule has 0 amide bonds. The van der Waals surface area contributed by atoms with Gasteiger partial charge >= 0.3 is 0 Å². The van der Waals surface area contributed by atoms with Crippen LogP contribution in [0.3, 0.4) is 0 Å². The molecule has 0 fully saturated rings. The number of nitrogens with one attached hydrogen (secondary N) is 1. The number of benzene rings is 1. The topological polar surface area (TPSA) is 43.4 Å². The van der Waals surface area contributed by atoms with E-state index < -0.39 is 0 Å². The van der Waals surface area contributed by atoms with Crippen LogP contribution in [0, 0.1) is 6.92 Å². The van der Waals surface area contributed by atoms with Crippen LogP contribution in [-0.4, -0.2) is 18.6 Å². The molecule has 106 valence electrons. The number of methoxy groups -OCH3 is 1. The van der Waals surface area contributed by atoms with Crippen LogP contribution in [0.2, 0.25) is 0 Å². The molecule has 0 saturated carbocycles. The SMILES string of the molecule is CCNc1ccc(COc2ccc(C)cc2OC)cn1. The monoisotopic (exact) mass is 272 g/mol. The highest BCUT2D eigenvalue weighted by Gasteiger charge is 2.05. The fraction of sp³-hybridized carbons (Fsp3) is 0.312. The molecular weight excluding hydrogens is 252 g/mol. The van der Waals surface area contributed by atoms with Gasteiger partial charge in [0.05, 0.1) is 7.11 Å². The summed E-state index contributed by atoms with van der Waals surface area (Å²) in [5.41, 5.74) is 2.17. The molecule has 1 aromatic carbocycles. The Labute approximate surface area is 119 Å². The van der Waals surface area contributed by atoms with Gasteiger partial charge in [-0.1, -0.05) is 12.1 Å². The van der Waals surface area contributed by atoms with Crippen molar-refractivity contribution in [2.45, 2.75) is 20.5 Å². The molecule has 0 aliphatic rings. The van der Waals surface area contributed by atoms with Crippen LogP contribution < -0.4 is 14.8 Å². The fourth-order valence-electron chi connectivity index (χ4n) is 1.85. The van der Waals surface area contributed by atoms with Crippen molar-refractivity contribution in [2.75, 3.05) is 19.0 Å². The predicted molar refractivity (Wildman–Crippen MR) is 80.5 cm³/mol. The first-order valence-electron chi connectivity index (χ1n) is 6.69. The summed E-state index contributed by atoms with van der Waals surface area (Å²) in [6.07, 6.45) is 1.82. The van der Waals surface area contributed by atoms with Gasteiger partial charge in [0.25, 0.3) is 0 Å². The first-order valence-corrected chi connectivity index (χ1v) is 6.69. The molecule has 0 saturated heterocycles. The lowest BCUT2D eigenvalue weighted by molar-refractivity contribution is 0.284. The lowest BCUT2D eigenvalue weighted by atomic mass is 10.2. The maximum absolute atomic E-state index is 5.78. The van der Waals surface area contributed by atoms with Crippen molar-refractivity contribution in [3.8, 4) is 11.5 Å². The largest absolute Gasteiger partial charge is 0.493 e. The minimum Gasteiger partial charge on any atom is -0.493 e. The Balaban J connectivity index is 2.01. The molecule has 4 heteroatoms. The summed E-state index contributed by atoms with van der Waals surface area (Å²) in [5.74, 6) is 2.38. The molecule has 1 N–H and O–H groups in total. The number of ether oxygens (including phenoxy) is 2. The third kappa shape index (κ3) is 3.63. The number of hydrogen-bond acceptors (Lipinski definition) is 4. The average Bonchev–Trinajstić information content (AvgIpc) is 2.47. The molecule has 2 aromatic rings. The lowest BCUT2D eigenvalue weighted by Gasteiger charge is -2.11. The third-order valence-corrected chi connectivity index (χ3v) is 2.90. The summed E-state index contributed by atoms with van der Waals surface area (Å²) in [6.45, 7) is 5.40. The number of aryl methyl sites for hydroxylation is 1. The highest BCUT2D eigenvalue weighted by molar-refractivity contribution is 5.42. The molecule has 1 heterocycles. The van der Waals surface area contributed by atoms with Gasteiger partial charge in [-0.15, -0.1) is 0 Å². The standard InChI is InChI=1S/C16H20N2O2/c1-4-17-16-8-6-13(10-18-16)11-20-14-7-5-12(2)9-15(14)19-3/h5-10H,4,11H2,1-3H3,(H,17,18). The average molecular weight is 272 g/mol. The molecule has 1 aromatic heterocycles. The van der Waals surface area contributed by atoms with Crippen LogP contribution in [0.5, 0.6) is 11.5 Å². The quantitative estimate of drug-likeness (QED) is 0.875. The number of aromatic nitrogens is 1. The van der Waals surface area contributed by atoms with Crippen molar-refractivity contribution < 1.29 is 9.47 Å². The van der Waals surface area contributed by atoms with Gasteiger partial charge in [-0.05, 0) is 37.6 Å². The van der Waals surface area contributed by atoms with Crippen molar-refractivity contribution in [2.24, 2.45) is 0 Å². The summed E-state index contributed by atoms with van der Waals surface area (Å²) in [7, 11) is 1.65. The Kier molecular flexibility index (Phi) is 4.82. The van der Waals surface area contributed by atoms with E-state index in [1.54, 1.807) is 7.11 Å². The minimum absolute atomic E-state index is 0.471. The molecule has 0 bridgehead atoms. The van der Waals surface area contributed by atoms with Gasteiger partial charge in [0.2, 0.25) is 0 Å². The van der Waals surface area contributed by atoms with Crippen molar-refractivity contribution >= 4 is 5.82 Å². The minimum atomic E-state index is 0.471. The molecule has 0 unspecified atom stereocenters. The van der Waals surface area contributed by atoms with Crippen LogP contribution >= 0.6 is 0 Å². The summed E-state index contributed by atoms with van der Waals surface area (Å²) in [6, 6.07) is 9.85. The van der Waals surface area contributed by atoms with Crippen LogP contribution in [0.1, 0.15) is 18.1 Å². The van der Waals surface area contributed by atoms with Gasteiger partial charge < -0.3 is 14.8 Å². The van der Waals surface area contributed by atoms with E-state index in [0.29, 0.717) is 6.61 Å². The number of hydrogen-bond donors (Lipinski definition) is 1. The summed E-state index contributed by atoms with van der Waals surface area (Å²) in [4.78, 5) is 4.32. The zero-order valence-corrected chi connectivity index (χ0v) is 12.1. The first kappa shape index (κ1) is 14.2. The van der Waals surface area contributed by atoms with Crippen LogP contribution in [0.25, 0.3) is 0 Å². The molecule has 20 heavy (non-hydrogen) atoms. The molecule has 0 atom stereocenters. The highest BCUT2D eigenvalue weighted by atomic mass is 16.5. The molecule has 4 nitrogen and oxygen atoms in total. The molecule has 0 aliphatic heterocycles. The van der Waals surface area contributed by atoms with Gasteiger partial charge in [-0.2, -0.15) is 0 Å². The van der Waals surface area contributed by atoms with Crippen molar-refractivity contribution in [1.82, 2.24) is 4.98 Å². The second kappa shape index (κ2) is 6.80. The third-order valence-electron chi connectivity index (χ3n) is 2.90. The van der Waals surface area contributed by atoms with Crippen molar-refractivity contribution in [1.29, 1.82) is 0 Å². The van der Waals surface area contributed by atoms with E-state index in [9.17, 15) is 0 Å². The van der Waals surface area contributed by atoms with Gasteiger partial charge in [-0.3, -0.25) is 0 Å². The fourth-order valence-corrected chi connectivity index (χ4v) is 1.85. The normalized spacial score (nSPS) is 10.2. The zero-order chi connectivity index (χ0) is 14.4. The Morgan fingerprint density at radius 2 is 2.00 bits per heavy atom. The van der Waals surface area contributed by atoms with E-state index in [0.717, 1.165) is 35.0 Å². The van der Waals surface area contributed by atoms with E-state index in [1.165, 1.54) is 0 Å². The van der Waals surface area contributed by atoms with Crippen LogP contribution in [0.15, 0.2) is 36.5 Å². The lowest BCUT2D eigenvalue weighted by Crippen LogP contribution is -2.01. The molecule has 2 rings (SSSR count). The van der Waals surface area contributed by atoms with Crippen molar-refractivity contribution in [3.05, 3.63) is 47.7 Å². The molecule has 0 radical (unpaired) electrons. The highest BCUT2D eigenvalue weighted by Crippen LogP contribution is 2.28. The van der Waals surface area contributed by atoms with Crippen LogP contribution in [-0.2, 0) is 6.61 Å². The van der Waals surface area contributed by atoms with Crippen molar-refractivity contribution in [3.63, 3.8) is 0 Å². The van der Waals surface area contributed by atoms with E-state index in [4.69, 9.17) is 9.47 Å². The smallest absolute Gasteiger partial charge is 0.161 e. The maximum Gasteiger partial charge on any atom is 0.161 e. The summed E-state index contributed by atoms with van der Waals surface area (Å²) >= 11 is 0. The number of rotatable bonds is 6. The zero-order valence-electron chi connectivity index (χ0n) is 12.1. The second-order valence-corrected chi connectivity index (χ2v) is 4.53. The molecule has 0 spiro atoms. The Hall–Kier alpha value is -2.23. The van der Waals surface area contributed by atoms with E-state index >= 15 is 0 Å². The molecular formula is C16H20N2O2. The van der Waals surface area contributed by atoms with Crippen LogP contribution in [0.4, 0.5) is 5.82 Å². The van der Waals surface area contributed by atoms with Gasteiger partial charge in [0, 0.05) is 18.3 Å². The number of nitrogens with zero attached hydrogens (tertiary/aromatic N) is 1. The molecule has 0 aliphatic carbocycles. The Bertz CT molecular complexity index is 553. The van der Waals surface area contributed by atoms with E-state index in [2.05, 4.69) is 10.3 Å². The second-order valence-electron chi connectivity index (χ2n) is 4.53. The van der Waals surface area contributed by atoms with Gasteiger partial charge in [0.15, 0.2) is 11.5 Å². The van der Waals surface area contributed by atoms with E-state index in [1.807, 2.05) is 50.4 Å². The summed E-state index contributed by atoms with van der Waals surface area (Å²) < 4.78 is 11.1. The van der Waals surface area contributed by atoms with Gasteiger partial charge in [0.1, 0.15) is 12.4 Å². The Morgan fingerprint density at radius 1 is 1.15 bits per heavy atom. The Morgan fingerprint density at radius 3 is 2.65 bits per heavy atom. The number of anilines is 1. The maximum atomic E-state index is 5.78. The predicted octanol–water partition coefficient (Wildman–Crippen LogP) is 3.41. The summed E-state index contributed by atoms with van der Waals surface area (Å²) in [5, 5.41) is 3.16. The number of pyridine rings is 1. The first-order chi connectivity index (χ1) is 9.72.